The zero-order valence-electron chi connectivity index (χ0n) is 24.3. The zero-order valence-corrected chi connectivity index (χ0v) is 24.3. The van der Waals surface area contributed by atoms with Crippen molar-refractivity contribution in [3.63, 3.8) is 0 Å². The van der Waals surface area contributed by atoms with E-state index in [0.29, 0.717) is 0 Å². The van der Waals surface area contributed by atoms with Crippen molar-refractivity contribution >= 4 is 23.9 Å². The van der Waals surface area contributed by atoms with Gasteiger partial charge in [0, 0.05) is 27.7 Å². The minimum Gasteiger partial charge on any atom is -0.462 e. The number of esters is 4. The molecule has 0 aromatic heterocycles. The van der Waals surface area contributed by atoms with Crippen LogP contribution in [0.1, 0.15) is 55.4 Å². The SMILES string of the molecule is CC(=O)OCC(OC(C)=O)[C@@H]1O[C@@H](OCC2O[C@@H]3OC(C)(C)OC3C3OC(C)(C)O[C@@H]23)C(OC(C)=O)C1OC(C)=O. The fraction of sp³-hybridized carbons (Fsp3) is 0.846. The molecular formula is C26H38O15. The quantitative estimate of drug-likeness (QED) is 0.268. The van der Waals surface area contributed by atoms with Gasteiger partial charge in [-0.2, -0.15) is 0 Å². The Kier molecular flexibility index (Phi) is 9.28. The van der Waals surface area contributed by atoms with E-state index in [2.05, 4.69) is 0 Å². The summed E-state index contributed by atoms with van der Waals surface area (Å²) >= 11 is 0. The van der Waals surface area contributed by atoms with Crippen molar-refractivity contribution in [1.29, 1.82) is 0 Å². The average molecular weight is 591 g/mol. The summed E-state index contributed by atoms with van der Waals surface area (Å²) in [5.41, 5.74) is 0. The van der Waals surface area contributed by atoms with E-state index in [0.717, 1.165) is 20.8 Å². The highest BCUT2D eigenvalue weighted by molar-refractivity contribution is 5.68. The number of ether oxygens (including phenoxy) is 11. The van der Waals surface area contributed by atoms with E-state index in [9.17, 15) is 19.2 Å². The summed E-state index contributed by atoms with van der Waals surface area (Å²) in [7, 11) is 0. The highest BCUT2D eigenvalue weighted by Gasteiger charge is 2.61. The van der Waals surface area contributed by atoms with Crippen LogP contribution in [0.5, 0.6) is 0 Å². The normalized spacial score (nSPS) is 37.4. The second kappa shape index (κ2) is 12.1. The van der Waals surface area contributed by atoms with Crippen LogP contribution in [0.4, 0.5) is 0 Å². The lowest BCUT2D eigenvalue weighted by atomic mass is 9.99. The molecule has 15 nitrogen and oxygen atoms in total. The van der Waals surface area contributed by atoms with Gasteiger partial charge in [-0.3, -0.25) is 19.2 Å². The van der Waals surface area contributed by atoms with Gasteiger partial charge in [-0.15, -0.1) is 0 Å². The molecule has 6 unspecified atom stereocenters. The highest BCUT2D eigenvalue weighted by Crippen LogP contribution is 2.44. The summed E-state index contributed by atoms with van der Waals surface area (Å²) < 4.78 is 63.6. The van der Waals surface area contributed by atoms with Crippen LogP contribution >= 0.6 is 0 Å². The van der Waals surface area contributed by atoms with Crippen LogP contribution < -0.4 is 0 Å². The van der Waals surface area contributed by atoms with Gasteiger partial charge in [0.25, 0.3) is 0 Å². The number of carbonyl (C=O) groups is 4. The van der Waals surface area contributed by atoms with Crippen molar-refractivity contribution in [3.05, 3.63) is 0 Å². The molecule has 0 saturated carbocycles. The summed E-state index contributed by atoms with van der Waals surface area (Å²) in [5, 5.41) is 0. The summed E-state index contributed by atoms with van der Waals surface area (Å²) in [4.78, 5) is 47.4. The van der Waals surface area contributed by atoms with Gasteiger partial charge in [0.2, 0.25) is 0 Å². The molecule has 0 aromatic carbocycles. The van der Waals surface area contributed by atoms with Gasteiger partial charge >= 0.3 is 23.9 Å². The zero-order chi connectivity index (χ0) is 30.3. The van der Waals surface area contributed by atoms with Crippen LogP contribution in [0.2, 0.25) is 0 Å². The predicted molar refractivity (Wildman–Crippen MR) is 130 cm³/mol. The third-order valence-corrected chi connectivity index (χ3v) is 6.62. The van der Waals surface area contributed by atoms with E-state index < -0.39 is 103 Å². The summed E-state index contributed by atoms with van der Waals surface area (Å²) in [6.45, 7) is 11.1. The standard InChI is InChI=1S/C26H38O15/c1-11(27)31-9-15(33-12(2)28)17-19(34-13(3)29)21(35-14(4)30)23(37-17)32-10-16-18-20(39-25(5,6)38-18)22-24(36-16)41-26(7,8)40-22/h15-24H,9-10H2,1-8H3/t15?,16?,17-,18-,19?,20?,21?,22?,23+,24+/m0/s1. The molecule has 4 heterocycles. The molecule has 4 aliphatic rings. The van der Waals surface area contributed by atoms with Crippen molar-refractivity contribution in [1.82, 2.24) is 0 Å². The van der Waals surface area contributed by atoms with Gasteiger partial charge in [-0.1, -0.05) is 0 Å². The maximum Gasteiger partial charge on any atom is 0.303 e. The second-order valence-corrected chi connectivity index (χ2v) is 11.1. The van der Waals surface area contributed by atoms with E-state index >= 15 is 0 Å². The lowest BCUT2D eigenvalue weighted by Gasteiger charge is -2.37. The maximum absolute atomic E-state index is 12.0. The first-order valence-electron chi connectivity index (χ1n) is 13.3. The predicted octanol–water partition coefficient (Wildman–Crippen LogP) is 0.483. The van der Waals surface area contributed by atoms with Crippen LogP contribution in [0.25, 0.3) is 0 Å². The van der Waals surface area contributed by atoms with Gasteiger partial charge < -0.3 is 52.1 Å². The Morgan fingerprint density at radius 3 is 1.90 bits per heavy atom. The number of rotatable bonds is 9. The third-order valence-electron chi connectivity index (χ3n) is 6.62. The Morgan fingerprint density at radius 1 is 0.707 bits per heavy atom. The Bertz CT molecular complexity index is 1010. The number of hydrogen-bond donors (Lipinski definition) is 0. The molecule has 0 bridgehead atoms. The second-order valence-electron chi connectivity index (χ2n) is 11.1. The Hall–Kier alpha value is -2.40. The fourth-order valence-corrected chi connectivity index (χ4v) is 5.35. The molecule has 4 saturated heterocycles. The van der Waals surface area contributed by atoms with Crippen LogP contribution in [0.3, 0.4) is 0 Å². The first-order chi connectivity index (χ1) is 19.0. The molecule has 4 fully saturated rings. The van der Waals surface area contributed by atoms with Gasteiger partial charge in [0.05, 0.1) is 6.61 Å². The first kappa shape index (κ1) is 31.5. The Morgan fingerprint density at radius 2 is 1.29 bits per heavy atom. The molecule has 10 atom stereocenters. The van der Waals surface area contributed by atoms with Crippen molar-refractivity contribution in [2.24, 2.45) is 0 Å². The average Bonchev–Trinajstić information content (AvgIpc) is 3.43. The highest BCUT2D eigenvalue weighted by atomic mass is 16.9. The summed E-state index contributed by atoms with van der Waals surface area (Å²) in [5.74, 6) is -4.64. The Balaban J connectivity index is 1.56. The molecule has 4 aliphatic heterocycles. The van der Waals surface area contributed by atoms with Gasteiger partial charge in [0.1, 0.15) is 37.1 Å². The van der Waals surface area contributed by atoms with Crippen molar-refractivity contribution in [2.75, 3.05) is 13.2 Å². The van der Waals surface area contributed by atoms with E-state index in [1.165, 1.54) is 6.92 Å². The van der Waals surface area contributed by atoms with Crippen LogP contribution in [0.15, 0.2) is 0 Å². The van der Waals surface area contributed by atoms with E-state index in [-0.39, 0.29) is 6.61 Å². The Labute approximate surface area is 237 Å². The first-order valence-corrected chi connectivity index (χ1v) is 13.3. The van der Waals surface area contributed by atoms with E-state index in [1.54, 1.807) is 27.7 Å². The summed E-state index contributed by atoms with van der Waals surface area (Å²) in [6.07, 6.45) is -9.51. The van der Waals surface area contributed by atoms with E-state index in [1.807, 2.05) is 0 Å². The molecular weight excluding hydrogens is 552 g/mol. The molecule has 0 aromatic rings. The minimum atomic E-state index is -1.31. The van der Waals surface area contributed by atoms with Crippen LogP contribution in [-0.2, 0) is 71.3 Å². The lowest BCUT2D eigenvalue weighted by molar-refractivity contribution is -0.262. The van der Waals surface area contributed by atoms with Crippen LogP contribution in [-0.4, -0.2) is 110 Å². The molecule has 0 spiro atoms. The van der Waals surface area contributed by atoms with Crippen molar-refractivity contribution < 1.29 is 71.3 Å². The van der Waals surface area contributed by atoms with Gasteiger partial charge in [-0.05, 0) is 27.7 Å². The largest absolute Gasteiger partial charge is 0.462 e. The van der Waals surface area contributed by atoms with Gasteiger partial charge in [-0.25, -0.2) is 0 Å². The molecule has 0 N–H and O–H groups in total. The third kappa shape index (κ3) is 7.52. The molecule has 0 amide bonds. The van der Waals surface area contributed by atoms with Crippen molar-refractivity contribution in [2.45, 2.75) is 128 Å². The number of fused-ring (bicyclic) bond motifs is 3. The topological polar surface area (TPSA) is 170 Å². The fourth-order valence-electron chi connectivity index (χ4n) is 5.35. The van der Waals surface area contributed by atoms with E-state index in [4.69, 9.17) is 52.1 Å². The molecule has 15 heteroatoms. The molecule has 41 heavy (non-hydrogen) atoms. The summed E-state index contributed by atoms with van der Waals surface area (Å²) in [6, 6.07) is 0. The monoisotopic (exact) mass is 590 g/mol. The molecule has 4 rings (SSSR count). The maximum atomic E-state index is 12.0. The molecule has 0 aliphatic carbocycles. The van der Waals surface area contributed by atoms with Crippen molar-refractivity contribution in [3.8, 4) is 0 Å². The minimum absolute atomic E-state index is 0.155. The lowest BCUT2D eigenvalue weighted by Crippen LogP contribution is -2.56. The number of carbonyl (C=O) groups excluding carboxylic acids is 4. The number of hydrogen-bond acceptors (Lipinski definition) is 15. The molecule has 0 radical (unpaired) electrons. The molecule has 232 valence electrons. The van der Waals surface area contributed by atoms with Gasteiger partial charge in [0.15, 0.2) is 42.5 Å². The smallest absolute Gasteiger partial charge is 0.303 e. The van der Waals surface area contributed by atoms with Crippen LogP contribution in [0, 0.1) is 0 Å².